The zero-order valence-corrected chi connectivity index (χ0v) is 18.5. The summed E-state index contributed by atoms with van der Waals surface area (Å²) in [4.78, 5) is 17.5. The number of likely N-dealkylation sites (tertiary alicyclic amines) is 1. The Balaban J connectivity index is 1.19. The lowest BCUT2D eigenvalue weighted by Crippen LogP contribution is -2.43. The average Bonchev–Trinajstić information content (AvgIpc) is 3.31. The molecule has 0 bridgehead atoms. The van der Waals surface area contributed by atoms with E-state index in [0.717, 1.165) is 69.5 Å². The van der Waals surface area contributed by atoms with E-state index < -0.39 is 0 Å². The summed E-state index contributed by atoms with van der Waals surface area (Å²) in [7, 11) is 0. The van der Waals surface area contributed by atoms with E-state index in [4.69, 9.17) is 9.26 Å². The Morgan fingerprint density at radius 3 is 2.66 bits per heavy atom. The zero-order chi connectivity index (χ0) is 21.9. The van der Waals surface area contributed by atoms with Crippen LogP contribution in [-0.4, -0.2) is 59.8 Å². The molecule has 2 aliphatic heterocycles. The van der Waals surface area contributed by atoms with Crippen molar-refractivity contribution in [3.05, 3.63) is 53.2 Å². The van der Waals surface area contributed by atoms with E-state index in [2.05, 4.69) is 10.1 Å². The molecule has 0 unspecified atom stereocenters. The third kappa shape index (κ3) is 5.21. The van der Waals surface area contributed by atoms with Crippen molar-refractivity contribution in [2.24, 2.45) is 5.92 Å². The summed E-state index contributed by atoms with van der Waals surface area (Å²) in [6.45, 7) is 4.56. The molecule has 1 atom stereocenters. The van der Waals surface area contributed by atoms with Gasteiger partial charge in [0.15, 0.2) is 5.69 Å². The van der Waals surface area contributed by atoms with E-state index in [9.17, 15) is 9.18 Å². The molecule has 1 amide bonds. The second-order valence-corrected chi connectivity index (χ2v) is 9.54. The van der Waals surface area contributed by atoms with Gasteiger partial charge in [0.1, 0.15) is 11.6 Å². The molecule has 0 spiro atoms. The van der Waals surface area contributed by atoms with Crippen molar-refractivity contribution in [3.8, 4) is 0 Å². The first-order chi connectivity index (χ1) is 15.7. The summed E-state index contributed by atoms with van der Waals surface area (Å²) in [5, 5.41) is 4.08. The van der Waals surface area contributed by atoms with Gasteiger partial charge >= 0.3 is 0 Å². The van der Waals surface area contributed by atoms with Crippen LogP contribution in [0, 0.1) is 11.7 Å². The van der Waals surface area contributed by atoms with Crippen molar-refractivity contribution in [1.29, 1.82) is 0 Å². The Morgan fingerprint density at radius 2 is 1.94 bits per heavy atom. The van der Waals surface area contributed by atoms with Crippen LogP contribution < -0.4 is 0 Å². The molecule has 1 saturated carbocycles. The third-order valence-corrected chi connectivity index (χ3v) is 7.00. The standard InChI is InChI=1S/C25H32FN3O3/c26-22-6-2-1-4-20(22)16-28-11-9-18(10-12-28)15-29(17-21-5-3-13-31-21)25(30)23-14-24(32-27-23)19-7-8-19/h1-2,4,6,14,18-19,21H,3,5,7-13,15-17H2/t21-/m0/s1. The second kappa shape index (κ2) is 9.71. The van der Waals surface area contributed by atoms with Crippen LogP contribution in [0.15, 0.2) is 34.9 Å². The molecule has 1 aromatic heterocycles. The van der Waals surface area contributed by atoms with Crippen molar-refractivity contribution >= 4 is 5.91 Å². The molecule has 6 nitrogen and oxygen atoms in total. The van der Waals surface area contributed by atoms with Crippen LogP contribution in [0.3, 0.4) is 0 Å². The van der Waals surface area contributed by atoms with Crippen molar-refractivity contribution in [2.75, 3.05) is 32.8 Å². The number of carbonyl (C=O) groups excluding carboxylic acids is 1. The lowest BCUT2D eigenvalue weighted by atomic mass is 9.95. The van der Waals surface area contributed by atoms with Crippen LogP contribution in [0.5, 0.6) is 0 Å². The number of benzene rings is 1. The summed E-state index contributed by atoms with van der Waals surface area (Å²) in [6, 6.07) is 8.83. The number of carbonyl (C=O) groups is 1. The highest BCUT2D eigenvalue weighted by atomic mass is 19.1. The van der Waals surface area contributed by atoms with Crippen LogP contribution in [0.1, 0.15) is 66.3 Å². The van der Waals surface area contributed by atoms with Crippen molar-refractivity contribution < 1.29 is 18.4 Å². The number of piperidine rings is 1. The maximum Gasteiger partial charge on any atom is 0.276 e. The minimum atomic E-state index is -0.138. The van der Waals surface area contributed by atoms with Crippen molar-refractivity contribution in [3.63, 3.8) is 0 Å². The normalized spacial score (nSPS) is 22.3. The fourth-order valence-electron chi connectivity index (χ4n) is 4.89. The number of hydrogen-bond donors (Lipinski definition) is 0. The fourth-order valence-corrected chi connectivity index (χ4v) is 4.89. The predicted molar refractivity (Wildman–Crippen MR) is 118 cm³/mol. The number of hydrogen-bond acceptors (Lipinski definition) is 5. The largest absolute Gasteiger partial charge is 0.376 e. The number of halogens is 1. The van der Waals surface area contributed by atoms with E-state index in [1.807, 2.05) is 23.1 Å². The summed E-state index contributed by atoms with van der Waals surface area (Å²) < 4.78 is 25.3. The smallest absolute Gasteiger partial charge is 0.276 e. The summed E-state index contributed by atoms with van der Waals surface area (Å²) in [5.41, 5.74) is 1.17. The molecule has 7 heteroatoms. The zero-order valence-electron chi connectivity index (χ0n) is 18.5. The van der Waals surface area contributed by atoms with Crippen LogP contribution in [0.2, 0.25) is 0 Å². The van der Waals surface area contributed by atoms with Gasteiger partial charge in [-0.15, -0.1) is 0 Å². The minimum Gasteiger partial charge on any atom is -0.376 e. The van der Waals surface area contributed by atoms with Gasteiger partial charge in [0, 0.05) is 43.8 Å². The Hall–Kier alpha value is -2.25. The SMILES string of the molecule is O=C(c1cc(C2CC2)on1)N(CC1CCN(Cc2ccccc2F)CC1)C[C@@H]1CCCO1. The quantitative estimate of drug-likeness (QED) is 0.614. The van der Waals surface area contributed by atoms with Crippen LogP contribution in [0.4, 0.5) is 4.39 Å². The van der Waals surface area contributed by atoms with E-state index in [0.29, 0.717) is 37.2 Å². The molecule has 0 N–H and O–H groups in total. The highest BCUT2D eigenvalue weighted by Gasteiger charge is 2.32. The molecule has 32 heavy (non-hydrogen) atoms. The molecule has 2 aromatic rings. The molecular formula is C25H32FN3O3. The highest BCUT2D eigenvalue weighted by Crippen LogP contribution is 2.40. The Labute approximate surface area is 188 Å². The van der Waals surface area contributed by atoms with Gasteiger partial charge in [-0.1, -0.05) is 23.4 Å². The number of amides is 1. The van der Waals surface area contributed by atoms with Crippen LogP contribution in [0.25, 0.3) is 0 Å². The number of nitrogens with zero attached hydrogens (tertiary/aromatic N) is 3. The number of rotatable bonds is 8. The van der Waals surface area contributed by atoms with Gasteiger partial charge in [-0.2, -0.15) is 0 Å². The maximum atomic E-state index is 14.0. The first-order valence-corrected chi connectivity index (χ1v) is 12.0. The molecule has 0 radical (unpaired) electrons. The average molecular weight is 442 g/mol. The van der Waals surface area contributed by atoms with Crippen molar-refractivity contribution in [2.45, 2.75) is 57.1 Å². The summed E-state index contributed by atoms with van der Waals surface area (Å²) >= 11 is 0. The van der Waals surface area contributed by atoms with Gasteiger partial charge < -0.3 is 14.2 Å². The first kappa shape index (κ1) is 21.6. The van der Waals surface area contributed by atoms with Gasteiger partial charge in [0.25, 0.3) is 5.91 Å². The molecule has 1 aliphatic carbocycles. The molecule has 3 heterocycles. The van der Waals surface area contributed by atoms with E-state index in [-0.39, 0.29) is 17.8 Å². The Morgan fingerprint density at radius 1 is 1.12 bits per heavy atom. The fraction of sp³-hybridized carbons (Fsp3) is 0.600. The van der Waals surface area contributed by atoms with E-state index >= 15 is 0 Å². The third-order valence-electron chi connectivity index (χ3n) is 7.00. The second-order valence-electron chi connectivity index (χ2n) is 9.54. The lowest BCUT2D eigenvalue weighted by molar-refractivity contribution is 0.0437. The van der Waals surface area contributed by atoms with E-state index in [1.54, 1.807) is 6.07 Å². The van der Waals surface area contributed by atoms with Crippen LogP contribution >= 0.6 is 0 Å². The maximum absolute atomic E-state index is 14.0. The molecule has 172 valence electrons. The molecular weight excluding hydrogens is 409 g/mol. The Bertz CT molecular complexity index is 915. The number of aromatic nitrogens is 1. The highest BCUT2D eigenvalue weighted by molar-refractivity contribution is 5.92. The van der Waals surface area contributed by atoms with Gasteiger partial charge in [-0.25, -0.2) is 4.39 Å². The number of ether oxygens (including phenoxy) is 1. The lowest BCUT2D eigenvalue weighted by Gasteiger charge is -2.35. The molecule has 1 aromatic carbocycles. The van der Waals surface area contributed by atoms with Gasteiger partial charge in [-0.3, -0.25) is 9.69 Å². The van der Waals surface area contributed by atoms with Crippen LogP contribution in [-0.2, 0) is 11.3 Å². The van der Waals surface area contributed by atoms with Gasteiger partial charge in [-0.05, 0) is 63.6 Å². The summed E-state index contributed by atoms with van der Waals surface area (Å²) in [5.74, 6) is 1.51. The molecule has 5 rings (SSSR count). The molecule has 2 saturated heterocycles. The van der Waals surface area contributed by atoms with E-state index in [1.165, 1.54) is 6.07 Å². The molecule has 3 aliphatic rings. The first-order valence-electron chi connectivity index (χ1n) is 12.0. The minimum absolute atomic E-state index is 0.0510. The summed E-state index contributed by atoms with van der Waals surface area (Å²) in [6.07, 6.45) is 6.39. The van der Waals surface area contributed by atoms with Gasteiger partial charge in [0.2, 0.25) is 0 Å². The monoisotopic (exact) mass is 441 g/mol. The topological polar surface area (TPSA) is 58.8 Å². The van der Waals surface area contributed by atoms with Crippen molar-refractivity contribution in [1.82, 2.24) is 15.0 Å². The predicted octanol–water partition coefficient (Wildman–Crippen LogP) is 4.22. The van der Waals surface area contributed by atoms with Gasteiger partial charge in [0.05, 0.1) is 6.10 Å². The Kier molecular flexibility index (Phi) is 6.55. The molecule has 3 fully saturated rings.